The molecule has 0 saturated heterocycles. The van der Waals surface area contributed by atoms with Crippen molar-refractivity contribution in [2.45, 2.75) is 58.4 Å². The van der Waals surface area contributed by atoms with Crippen LogP contribution in [0.25, 0.3) is 16.6 Å². The van der Waals surface area contributed by atoms with E-state index in [-0.39, 0.29) is 17.3 Å². The summed E-state index contributed by atoms with van der Waals surface area (Å²) in [6.07, 6.45) is 4.44. The molecular formula is C26H31ClFN3O2. The molecule has 0 saturated carbocycles. The summed E-state index contributed by atoms with van der Waals surface area (Å²) in [7, 11) is 0. The maximum Gasteiger partial charge on any atom is 0.266 e. The van der Waals surface area contributed by atoms with Crippen LogP contribution in [0.2, 0.25) is 0 Å². The fourth-order valence-corrected chi connectivity index (χ4v) is 4.24. The number of halogens is 2. The number of alkyl halides is 1. The molecule has 3 rings (SSSR count). The monoisotopic (exact) mass is 471 g/mol. The third-order valence-corrected chi connectivity index (χ3v) is 6.06. The van der Waals surface area contributed by atoms with Gasteiger partial charge in [-0.1, -0.05) is 38.8 Å². The van der Waals surface area contributed by atoms with Gasteiger partial charge in [0.05, 0.1) is 22.6 Å². The highest BCUT2D eigenvalue weighted by molar-refractivity contribution is 6.17. The van der Waals surface area contributed by atoms with Gasteiger partial charge >= 0.3 is 0 Å². The number of aromatic nitrogens is 2. The highest BCUT2D eigenvalue weighted by Crippen LogP contribution is 2.27. The van der Waals surface area contributed by atoms with Crippen molar-refractivity contribution < 1.29 is 9.18 Å². The van der Waals surface area contributed by atoms with Crippen LogP contribution in [0.15, 0.2) is 53.3 Å². The quantitative estimate of drug-likeness (QED) is 0.254. The lowest BCUT2D eigenvalue weighted by atomic mass is 10.1. The van der Waals surface area contributed by atoms with Crippen LogP contribution in [0.5, 0.6) is 0 Å². The standard InChI is InChI=1S/C26H31ClFN3O2/c1-3-5-8-18-30(24(32)12-9-17-27)23(4-2)25-29-22-11-7-6-10-21(22)26(33)31(25)20-15-13-19(28)14-16-20/h6-7,10-11,13-16,23H,3-5,8-9,12,17-18H2,1-2H3. The van der Waals surface area contributed by atoms with Crippen LogP contribution in [-0.2, 0) is 4.79 Å². The van der Waals surface area contributed by atoms with E-state index in [1.54, 1.807) is 30.3 Å². The lowest BCUT2D eigenvalue weighted by molar-refractivity contribution is -0.134. The van der Waals surface area contributed by atoms with Gasteiger partial charge in [-0.3, -0.25) is 14.2 Å². The second-order valence-corrected chi connectivity index (χ2v) is 8.49. The number of fused-ring (bicyclic) bond motifs is 1. The van der Waals surface area contributed by atoms with Gasteiger partial charge in [0.25, 0.3) is 5.56 Å². The predicted octanol–water partition coefficient (Wildman–Crippen LogP) is 6.01. The molecule has 0 aliphatic rings. The molecule has 0 N–H and O–H groups in total. The first kappa shape index (κ1) is 24.9. The zero-order valence-corrected chi connectivity index (χ0v) is 20.0. The molecular weight excluding hydrogens is 441 g/mol. The second kappa shape index (κ2) is 11.9. The van der Waals surface area contributed by atoms with Gasteiger partial charge in [-0.2, -0.15) is 0 Å². The van der Waals surface area contributed by atoms with Gasteiger partial charge in [-0.15, -0.1) is 11.6 Å². The average molecular weight is 472 g/mol. The Morgan fingerprint density at radius 3 is 2.48 bits per heavy atom. The number of benzene rings is 2. The number of amides is 1. The Balaban J connectivity index is 2.19. The van der Waals surface area contributed by atoms with Crippen molar-refractivity contribution in [3.8, 4) is 5.69 Å². The molecule has 2 aromatic carbocycles. The molecule has 1 unspecified atom stereocenters. The Morgan fingerprint density at radius 2 is 1.82 bits per heavy atom. The first-order valence-electron chi connectivity index (χ1n) is 11.6. The summed E-state index contributed by atoms with van der Waals surface area (Å²) < 4.78 is 15.2. The van der Waals surface area contributed by atoms with Gasteiger partial charge in [-0.05, 0) is 55.7 Å². The van der Waals surface area contributed by atoms with Crippen LogP contribution in [-0.4, -0.2) is 32.8 Å². The summed E-state index contributed by atoms with van der Waals surface area (Å²) in [5.41, 5.74) is 0.869. The van der Waals surface area contributed by atoms with Crippen LogP contribution in [0.4, 0.5) is 4.39 Å². The molecule has 0 aliphatic heterocycles. The maximum absolute atomic E-state index is 13.6. The highest BCUT2D eigenvalue weighted by Gasteiger charge is 2.28. The van der Waals surface area contributed by atoms with Crippen LogP contribution in [0.3, 0.4) is 0 Å². The number of carbonyl (C=O) groups excluding carboxylic acids is 1. The van der Waals surface area contributed by atoms with Crippen molar-refractivity contribution >= 4 is 28.4 Å². The van der Waals surface area contributed by atoms with Crippen molar-refractivity contribution in [3.63, 3.8) is 0 Å². The summed E-state index contributed by atoms with van der Waals surface area (Å²) in [5.74, 6) is 0.529. The van der Waals surface area contributed by atoms with Crippen molar-refractivity contribution in [1.82, 2.24) is 14.5 Å². The molecule has 5 nitrogen and oxygen atoms in total. The highest BCUT2D eigenvalue weighted by atomic mass is 35.5. The van der Waals surface area contributed by atoms with Crippen LogP contribution < -0.4 is 5.56 Å². The van der Waals surface area contributed by atoms with Gasteiger partial charge < -0.3 is 4.90 Å². The van der Waals surface area contributed by atoms with E-state index in [2.05, 4.69) is 6.92 Å². The molecule has 176 valence electrons. The molecule has 1 amide bonds. The number of unbranched alkanes of at least 4 members (excludes halogenated alkanes) is 2. The molecule has 0 aliphatic carbocycles. The van der Waals surface area contributed by atoms with Crippen molar-refractivity contribution in [3.05, 3.63) is 70.5 Å². The summed E-state index contributed by atoms with van der Waals surface area (Å²) in [4.78, 5) is 33.5. The zero-order chi connectivity index (χ0) is 23.8. The smallest absolute Gasteiger partial charge is 0.266 e. The van der Waals surface area contributed by atoms with E-state index in [1.165, 1.54) is 16.7 Å². The lowest BCUT2D eigenvalue weighted by Gasteiger charge is -2.32. The number of nitrogens with zero attached hydrogens (tertiary/aromatic N) is 3. The van der Waals surface area contributed by atoms with E-state index in [9.17, 15) is 14.0 Å². The third-order valence-electron chi connectivity index (χ3n) is 5.79. The number of hydrogen-bond acceptors (Lipinski definition) is 3. The topological polar surface area (TPSA) is 55.2 Å². The minimum Gasteiger partial charge on any atom is -0.333 e. The first-order chi connectivity index (χ1) is 16.0. The zero-order valence-electron chi connectivity index (χ0n) is 19.3. The molecule has 1 atom stereocenters. The number of para-hydroxylation sites is 1. The van der Waals surface area contributed by atoms with E-state index in [4.69, 9.17) is 16.6 Å². The summed E-state index contributed by atoms with van der Waals surface area (Å²) >= 11 is 5.85. The Morgan fingerprint density at radius 1 is 1.09 bits per heavy atom. The van der Waals surface area contributed by atoms with E-state index in [0.29, 0.717) is 54.1 Å². The van der Waals surface area contributed by atoms with Crippen LogP contribution in [0.1, 0.15) is 64.2 Å². The molecule has 0 fully saturated rings. The molecule has 0 radical (unpaired) electrons. The summed E-state index contributed by atoms with van der Waals surface area (Å²) in [5, 5.41) is 0.478. The van der Waals surface area contributed by atoms with E-state index in [1.807, 2.05) is 17.9 Å². The van der Waals surface area contributed by atoms with Crippen molar-refractivity contribution in [2.24, 2.45) is 0 Å². The summed E-state index contributed by atoms with van der Waals surface area (Å²) in [6, 6.07) is 12.6. The molecule has 3 aromatic rings. The van der Waals surface area contributed by atoms with E-state index >= 15 is 0 Å². The number of carbonyl (C=O) groups is 1. The van der Waals surface area contributed by atoms with E-state index < -0.39 is 6.04 Å². The van der Waals surface area contributed by atoms with Crippen LogP contribution in [0, 0.1) is 5.82 Å². The largest absolute Gasteiger partial charge is 0.333 e. The molecule has 7 heteroatoms. The van der Waals surface area contributed by atoms with Crippen LogP contribution >= 0.6 is 11.6 Å². The van der Waals surface area contributed by atoms with Gasteiger partial charge in [0, 0.05) is 18.8 Å². The fraction of sp³-hybridized carbons (Fsp3) is 0.423. The minimum atomic E-state index is -0.396. The Labute approximate surface area is 199 Å². The molecule has 33 heavy (non-hydrogen) atoms. The predicted molar refractivity (Wildman–Crippen MR) is 132 cm³/mol. The molecule has 0 bridgehead atoms. The lowest BCUT2D eigenvalue weighted by Crippen LogP contribution is -2.39. The van der Waals surface area contributed by atoms with E-state index in [0.717, 1.165) is 19.3 Å². The number of rotatable bonds is 11. The Kier molecular flexibility index (Phi) is 9.01. The number of hydrogen-bond donors (Lipinski definition) is 0. The SMILES string of the molecule is CCCCCN(C(=O)CCCCl)C(CC)c1nc2ccccc2c(=O)n1-c1ccc(F)cc1. The molecule has 1 aromatic heterocycles. The summed E-state index contributed by atoms with van der Waals surface area (Å²) in [6.45, 7) is 4.69. The van der Waals surface area contributed by atoms with Crippen molar-refractivity contribution in [1.29, 1.82) is 0 Å². The molecule has 0 spiro atoms. The second-order valence-electron chi connectivity index (χ2n) is 8.11. The van der Waals surface area contributed by atoms with Gasteiger partial charge in [-0.25, -0.2) is 9.37 Å². The first-order valence-corrected chi connectivity index (χ1v) is 12.2. The maximum atomic E-state index is 13.6. The Bertz CT molecular complexity index is 1130. The van der Waals surface area contributed by atoms with Gasteiger partial charge in [0.1, 0.15) is 11.6 Å². The Hall–Kier alpha value is -2.73. The van der Waals surface area contributed by atoms with Gasteiger partial charge in [0.2, 0.25) is 5.91 Å². The third kappa shape index (κ3) is 5.80. The minimum absolute atomic E-state index is 0.00617. The van der Waals surface area contributed by atoms with Crippen molar-refractivity contribution in [2.75, 3.05) is 12.4 Å². The molecule has 1 heterocycles. The van der Waals surface area contributed by atoms with Gasteiger partial charge in [0.15, 0.2) is 0 Å². The average Bonchev–Trinajstić information content (AvgIpc) is 2.83. The normalized spacial score (nSPS) is 12.1. The fourth-order valence-electron chi connectivity index (χ4n) is 4.10.